The lowest BCUT2D eigenvalue weighted by atomic mass is 10.1. The fourth-order valence-electron chi connectivity index (χ4n) is 1.45. The molecule has 1 rings (SSSR count). The van der Waals surface area contributed by atoms with Crippen molar-refractivity contribution < 1.29 is 0 Å². The van der Waals surface area contributed by atoms with Gasteiger partial charge in [0, 0.05) is 6.54 Å². The summed E-state index contributed by atoms with van der Waals surface area (Å²) in [6.45, 7) is 7.09. The second-order valence-electron chi connectivity index (χ2n) is 4.08. The zero-order valence-corrected chi connectivity index (χ0v) is 9.62. The Morgan fingerprint density at radius 1 is 1.53 bits per heavy atom. The van der Waals surface area contributed by atoms with Gasteiger partial charge >= 0.3 is 0 Å². The zero-order chi connectivity index (χ0) is 11.4. The summed E-state index contributed by atoms with van der Waals surface area (Å²) in [5, 5.41) is 13.3. The van der Waals surface area contributed by atoms with Crippen LogP contribution in [0.1, 0.15) is 38.4 Å². The van der Waals surface area contributed by atoms with Crippen LogP contribution in [0.4, 0.5) is 5.82 Å². The van der Waals surface area contributed by atoms with Crippen LogP contribution in [0.2, 0.25) is 0 Å². The highest BCUT2D eigenvalue weighted by Gasteiger charge is 2.13. The number of nitrogens with zero attached hydrogens (tertiary/aromatic N) is 3. The van der Waals surface area contributed by atoms with Gasteiger partial charge in [-0.3, -0.25) is 0 Å². The van der Waals surface area contributed by atoms with Crippen LogP contribution in [0, 0.1) is 17.2 Å². The van der Waals surface area contributed by atoms with E-state index in [4.69, 9.17) is 11.0 Å². The number of nitrogen functional groups attached to an aromatic ring is 1. The van der Waals surface area contributed by atoms with E-state index in [0.29, 0.717) is 17.3 Å². The number of nitriles is 1. The van der Waals surface area contributed by atoms with E-state index >= 15 is 0 Å². The first-order valence-corrected chi connectivity index (χ1v) is 5.35. The molecule has 4 nitrogen and oxygen atoms in total. The van der Waals surface area contributed by atoms with E-state index < -0.39 is 0 Å². The Hall–Kier alpha value is -1.50. The first-order valence-electron chi connectivity index (χ1n) is 5.35. The molecule has 0 aliphatic heterocycles. The van der Waals surface area contributed by atoms with E-state index in [-0.39, 0.29) is 0 Å². The summed E-state index contributed by atoms with van der Waals surface area (Å²) < 4.78 is 1.75. The van der Waals surface area contributed by atoms with Crippen molar-refractivity contribution in [3.05, 3.63) is 11.3 Å². The van der Waals surface area contributed by atoms with Crippen LogP contribution in [0.5, 0.6) is 0 Å². The molecule has 82 valence electrons. The Bertz CT molecular complexity index is 371. The normalized spacial score (nSPS) is 10.6. The quantitative estimate of drug-likeness (QED) is 0.818. The fraction of sp³-hybridized carbons (Fsp3) is 0.636. The Morgan fingerprint density at radius 2 is 2.20 bits per heavy atom. The largest absolute Gasteiger partial charge is 0.383 e. The molecule has 0 aromatic carbocycles. The molecule has 0 radical (unpaired) electrons. The maximum Gasteiger partial charge on any atom is 0.140 e. The van der Waals surface area contributed by atoms with Crippen molar-refractivity contribution in [3.63, 3.8) is 0 Å². The van der Waals surface area contributed by atoms with Crippen molar-refractivity contribution in [2.75, 3.05) is 5.73 Å². The monoisotopic (exact) mass is 206 g/mol. The van der Waals surface area contributed by atoms with Crippen molar-refractivity contribution >= 4 is 5.82 Å². The van der Waals surface area contributed by atoms with E-state index in [9.17, 15) is 0 Å². The van der Waals surface area contributed by atoms with Gasteiger partial charge in [0.25, 0.3) is 0 Å². The zero-order valence-electron chi connectivity index (χ0n) is 9.62. The second kappa shape index (κ2) is 4.83. The summed E-state index contributed by atoms with van der Waals surface area (Å²) in [5.41, 5.74) is 7.20. The molecule has 1 heterocycles. The van der Waals surface area contributed by atoms with Crippen LogP contribution in [-0.2, 0) is 13.0 Å². The third-order valence-electron chi connectivity index (χ3n) is 2.43. The molecule has 0 saturated carbocycles. The molecule has 0 atom stereocenters. The average Bonchev–Trinajstić information content (AvgIpc) is 2.51. The molecule has 2 N–H and O–H groups in total. The highest BCUT2D eigenvalue weighted by molar-refractivity contribution is 5.52. The molecule has 1 aromatic rings. The van der Waals surface area contributed by atoms with E-state index in [1.54, 1.807) is 4.68 Å². The summed E-state index contributed by atoms with van der Waals surface area (Å²) >= 11 is 0. The lowest BCUT2D eigenvalue weighted by Gasteiger charge is -2.05. The third kappa shape index (κ3) is 2.50. The molecular formula is C11H18N4. The summed E-state index contributed by atoms with van der Waals surface area (Å²) in [6, 6.07) is 2.11. The lowest BCUT2D eigenvalue weighted by Crippen LogP contribution is -2.07. The molecule has 0 unspecified atom stereocenters. The molecule has 0 aliphatic rings. The number of hydrogen-bond donors (Lipinski definition) is 1. The minimum atomic E-state index is 0.509. The van der Waals surface area contributed by atoms with E-state index in [1.165, 1.54) is 0 Å². The van der Waals surface area contributed by atoms with Gasteiger partial charge in [0.1, 0.15) is 17.5 Å². The lowest BCUT2D eigenvalue weighted by molar-refractivity contribution is 0.489. The molecule has 4 heteroatoms. The number of anilines is 1. The van der Waals surface area contributed by atoms with Crippen LogP contribution in [0.25, 0.3) is 0 Å². The van der Waals surface area contributed by atoms with Crippen molar-refractivity contribution in [1.29, 1.82) is 5.26 Å². The van der Waals surface area contributed by atoms with Crippen molar-refractivity contribution in [2.24, 2.45) is 5.92 Å². The number of rotatable bonds is 4. The number of aromatic nitrogens is 2. The minimum absolute atomic E-state index is 0.509. The van der Waals surface area contributed by atoms with Gasteiger partial charge in [0.2, 0.25) is 0 Å². The Balaban J connectivity index is 2.91. The first-order chi connectivity index (χ1) is 7.10. The Kier molecular flexibility index (Phi) is 3.73. The van der Waals surface area contributed by atoms with Crippen molar-refractivity contribution in [3.8, 4) is 6.07 Å². The molecule has 15 heavy (non-hydrogen) atoms. The summed E-state index contributed by atoms with van der Waals surface area (Å²) in [4.78, 5) is 0. The predicted octanol–water partition coefficient (Wildman–Crippen LogP) is 1.95. The summed E-state index contributed by atoms with van der Waals surface area (Å²) in [5.74, 6) is 1.12. The fourth-order valence-corrected chi connectivity index (χ4v) is 1.45. The van der Waals surface area contributed by atoms with Gasteiger partial charge in [-0.2, -0.15) is 10.4 Å². The van der Waals surface area contributed by atoms with Gasteiger partial charge in [-0.25, -0.2) is 4.68 Å². The molecule has 0 fully saturated rings. The molecule has 0 saturated heterocycles. The second-order valence-corrected chi connectivity index (χ2v) is 4.08. The van der Waals surface area contributed by atoms with E-state index in [1.807, 2.05) is 6.92 Å². The molecule has 0 bridgehead atoms. The van der Waals surface area contributed by atoms with Gasteiger partial charge in [-0.05, 0) is 18.8 Å². The van der Waals surface area contributed by atoms with E-state index in [2.05, 4.69) is 25.0 Å². The molecule has 0 aliphatic carbocycles. The SMILES string of the molecule is CCc1nn(CCC(C)C)c(N)c1C#N. The molecule has 0 spiro atoms. The standard InChI is InChI=1S/C11H18N4/c1-4-10-9(7-12)11(13)15(14-10)6-5-8(2)3/h8H,4-6,13H2,1-3H3. The summed E-state index contributed by atoms with van der Waals surface area (Å²) in [7, 11) is 0. The summed E-state index contributed by atoms with van der Waals surface area (Å²) in [6.07, 6.45) is 1.78. The van der Waals surface area contributed by atoms with Crippen LogP contribution in [-0.4, -0.2) is 9.78 Å². The minimum Gasteiger partial charge on any atom is -0.383 e. The van der Waals surface area contributed by atoms with Gasteiger partial charge in [-0.15, -0.1) is 0 Å². The molecule has 0 amide bonds. The highest BCUT2D eigenvalue weighted by Crippen LogP contribution is 2.17. The number of hydrogen-bond acceptors (Lipinski definition) is 3. The predicted molar refractivity (Wildman–Crippen MR) is 60.2 cm³/mol. The maximum absolute atomic E-state index is 8.94. The van der Waals surface area contributed by atoms with Gasteiger partial charge in [0.05, 0.1) is 5.69 Å². The van der Waals surface area contributed by atoms with Crippen LogP contribution in [0.3, 0.4) is 0 Å². The first kappa shape index (κ1) is 11.6. The number of nitrogens with two attached hydrogens (primary N) is 1. The third-order valence-corrected chi connectivity index (χ3v) is 2.43. The van der Waals surface area contributed by atoms with Crippen LogP contribution >= 0.6 is 0 Å². The topological polar surface area (TPSA) is 67.6 Å². The van der Waals surface area contributed by atoms with Crippen LogP contribution in [0.15, 0.2) is 0 Å². The van der Waals surface area contributed by atoms with Gasteiger partial charge < -0.3 is 5.73 Å². The molecule has 1 aromatic heterocycles. The average molecular weight is 206 g/mol. The van der Waals surface area contributed by atoms with Crippen molar-refractivity contribution in [2.45, 2.75) is 40.2 Å². The van der Waals surface area contributed by atoms with E-state index in [0.717, 1.165) is 25.1 Å². The van der Waals surface area contributed by atoms with Crippen LogP contribution < -0.4 is 5.73 Å². The van der Waals surface area contributed by atoms with Gasteiger partial charge in [-0.1, -0.05) is 20.8 Å². The van der Waals surface area contributed by atoms with Gasteiger partial charge in [0.15, 0.2) is 0 Å². The Morgan fingerprint density at radius 3 is 2.60 bits per heavy atom. The number of aryl methyl sites for hydroxylation is 2. The maximum atomic E-state index is 8.94. The smallest absolute Gasteiger partial charge is 0.140 e. The Labute approximate surface area is 90.7 Å². The van der Waals surface area contributed by atoms with Crippen molar-refractivity contribution in [1.82, 2.24) is 9.78 Å². The highest BCUT2D eigenvalue weighted by atomic mass is 15.3. The molecular weight excluding hydrogens is 188 g/mol.